The maximum absolute atomic E-state index is 2.48. The number of hydrogen-bond acceptors (Lipinski definition) is 0. The molecular formula is C23H34. The summed E-state index contributed by atoms with van der Waals surface area (Å²) in [7, 11) is 0. The minimum absolute atomic E-state index is 0.374. The van der Waals surface area contributed by atoms with Gasteiger partial charge in [0.25, 0.3) is 0 Å². The van der Waals surface area contributed by atoms with E-state index in [4.69, 9.17) is 0 Å². The van der Waals surface area contributed by atoms with E-state index in [1.807, 2.05) is 0 Å². The Morgan fingerprint density at radius 1 is 1.13 bits per heavy atom. The highest BCUT2D eigenvalue weighted by molar-refractivity contribution is 5.43. The van der Waals surface area contributed by atoms with Crippen LogP contribution >= 0.6 is 0 Å². The lowest BCUT2D eigenvalue weighted by Crippen LogP contribution is -2.10. The third-order valence-corrected chi connectivity index (χ3v) is 5.70. The van der Waals surface area contributed by atoms with E-state index in [9.17, 15) is 0 Å². The number of hydrogen-bond donors (Lipinski definition) is 0. The lowest BCUT2D eigenvalue weighted by atomic mass is 9.84. The summed E-state index contributed by atoms with van der Waals surface area (Å²) in [5, 5.41) is 0. The summed E-state index contributed by atoms with van der Waals surface area (Å²) in [6.07, 6.45) is 9.46. The van der Waals surface area contributed by atoms with Gasteiger partial charge in [0, 0.05) is 5.41 Å². The van der Waals surface area contributed by atoms with Gasteiger partial charge in [-0.1, -0.05) is 76.6 Å². The Hall–Kier alpha value is -1.30. The van der Waals surface area contributed by atoms with Crippen LogP contribution in [0.15, 0.2) is 42.0 Å². The molecule has 0 aromatic heterocycles. The fourth-order valence-electron chi connectivity index (χ4n) is 3.52. The van der Waals surface area contributed by atoms with Crippen LogP contribution in [-0.4, -0.2) is 0 Å². The lowest BCUT2D eigenvalue weighted by molar-refractivity contribution is 0.624. The van der Waals surface area contributed by atoms with Crippen LogP contribution < -0.4 is 0 Å². The van der Waals surface area contributed by atoms with Crippen molar-refractivity contribution in [2.75, 3.05) is 0 Å². The van der Waals surface area contributed by atoms with Gasteiger partial charge in [0.2, 0.25) is 0 Å². The summed E-state index contributed by atoms with van der Waals surface area (Å²) in [5.41, 5.74) is 6.30. The fraction of sp³-hybridized carbons (Fsp3) is 0.565. The Kier molecular flexibility index (Phi) is 5.55. The van der Waals surface area contributed by atoms with Crippen LogP contribution in [0.4, 0.5) is 0 Å². The fourth-order valence-corrected chi connectivity index (χ4v) is 3.52. The quantitative estimate of drug-likeness (QED) is 0.490. The summed E-state index contributed by atoms with van der Waals surface area (Å²) in [4.78, 5) is 0. The van der Waals surface area contributed by atoms with Crippen molar-refractivity contribution in [1.29, 1.82) is 0 Å². The van der Waals surface area contributed by atoms with Crippen molar-refractivity contribution in [3.8, 4) is 0 Å². The maximum atomic E-state index is 2.48. The third-order valence-electron chi connectivity index (χ3n) is 5.70. The second kappa shape index (κ2) is 7.07. The molecule has 1 fully saturated rings. The summed E-state index contributed by atoms with van der Waals surface area (Å²) >= 11 is 0. The average molecular weight is 311 g/mol. The third kappa shape index (κ3) is 3.79. The van der Waals surface area contributed by atoms with Gasteiger partial charge in [0.15, 0.2) is 0 Å². The molecule has 2 atom stereocenters. The first-order valence-electron chi connectivity index (χ1n) is 9.30. The van der Waals surface area contributed by atoms with Crippen LogP contribution in [0.2, 0.25) is 0 Å². The Bertz CT molecular complexity index is 574. The minimum atomic E-state index is 0.374. The molecular weight excluding hydrogens is 276 g/mol. The molecule has 0 amide bonds. The molecule has 2 rings (SSSR count). The van der Waals surface area contributed by atoms with Crippen molar-refractivity contribution >= 4 is 0 Å². The van der Waals surface area contributed by atoms with E-state index >= 15 is 0 Å². The van der Waals surface area contributed by atoms with E-state index in [1.54, 1.807) is 5.56 Å². The molecule has 1 aromatic carbocycles. The van der Waals surface area contributed by atoms with Crippen LogP contribution in [0.25, 0.3) is 0 Å². The lowest BCUT2D eigenvalue weighted by Gasteiger charge is -2.20. The van der Waals surface area contributed by atoms with Crippen molar-refractivity contribution in [1.82, 2.24) is 0 Å². The summed E-state index contributed by atoms with van der Waals surface area (Å²) in [6.45, 7) is 15.9. The van der Waals surface area contributed by atoms with Gasteiger partial charge in [-0.05, 0) is 61.1 Å². The monoisotopic (exact) mass is 310 g/mol. The van der Waals surface area contributed by atoms with Gasteiger partial charge in [-0.15, -0.1) is 0 Å². The van der Waals surface area contributed by atoms with Crippen LogP contribution in [0.3, 0.4) is 0 Å². The van der Waals surface area contributed by atoms with Crippen molar-refractivity contribution in [3.05, 3.63) is 58.7 Å². The first kappa shape index (κ1) is 18.0. The van der Waals surface area contributed by atoms with Gasteiger partial charge < -0.3 is 0 Å². The zero-order chi connectivity index (χ0) is 17.2. The second-order valence-electron chi connectivity index (χ2n) is 7.91. The van der Waals surface area contributed by atoms with Gasteiger partial charge in [-0.3, -0.25) is 0 Å². The Morgan fingerprint density at radius 3 is 2.13 bits per heavy atom. The van der Waals surface area contributed by atoms with Gasteiger partial charge in [0.05, 0.1) is 0 Å². The van der Waals surface area contributed by atoms with Crippen LogP contribution in [0, 0.1) is 5.92 Å². The van der Waals surface area contributed by atoms with Gasteiger partial charge >= 0.3 is 0 Å². The Labute approximate surface area is 143 Å². The van der Waals surface area contributed by atoms with E-state index in [2.05, 4.69) is 84.9 Å². The number of rotatable bonds is 6. The van der Waals surface area contributed by atoms with Crippen molar-refractivity contribution < 1.29 is 0 Å². The molecule has 0 aliphatic heterocycles. The number of allylic oxidation sites excluding steroid dienone is 4. The standard InChI is InChI=1S/C23H34/c1-8-18(7)10-11-21-15-23(21,9-2)22-13-19(16(3)4)12-20(14-22)17(5)6/h8,10-14,16-17,21H,9,15H2,1-7H3/b11-10+,18-8+/t21?,23-/m0/s1. The van der Waals surface area contributed by atoms with E-state index in [0.717, 1.165) is 0 Å². The second-order valence-corrected chi connectivity index (χ2v) is 7.91. The SMILES string of the molecule is C/C=C(C)/C=C/C1C[C@]1(CC)c1cc(C(C)C)cc(C(C)C)c1. The highest BCUT2D eigenvalue weighted by Gasteiger charge is 2.52. The zero-order valence-electron chi connectivity index (χ0n) is 16.1. The van der Waals surface area contributed by atoms with Gasteiger partial charge in [-0.25, -0.2) is 0 Å². The molecule has 0 saturated heterocycles. The molecule has 0 heterocycles. The first-order chi connectivity index (χ1) is 10.8. The van der Waals surface area contributed by atoms with E-state index < -0.39 is 0 Å². The molecule has 1 aromatic rings. The van der Waals surface area contributed by atoms with Crippen LogP contribution in [0.5, 0.6) is 0 Å². The molecule has 0 nitrogen and oxygen atoms in total. The zero-order valence-corrected chi connectivity index (χ0v) is 16.1. The normalized spacial score (nSPS) is 24.9. The highest BCUT2D eigenvalue weighted by atomic mass is 14.6. The number of benzene rings is 1. The summed E-state index contributed by atoms with van der Waals surface area (Å²) in [5.74, 6) is 1.89. The predicted octanol–water partition coefficient (Wildman–Crippen LogP) is 7.12. The largest absolute Gasteiger partial charge is 0.0847 e. The molecule has 1 aliphatic carbocycles. The van der Waals surface area contributed by atoms with Crippen molar-refractivity contribution in [3.63, 3.8) is 0 Å². The molecule has 0 bridgehead atoms. The average Bonchev–Trinajstić information content (AvgIpc) is 3.26. The first-order valence-corrected chi connectivity index (χ1v) is 9.30. The molecule has 1 unspecified atom stereocenters. The summed E-state index contributed by atoms with van der Waals surface area (Å²) in [6, 6.07) is 7.38. The molecule has 0 radical (unpaired) electrons. The van der Waals surface area contributed by atoms with E-state index in [-0.39, 0.29) is 0 Å². The summed E-state index contributed by atoms with van der Waals surface area (Å²) < 4.78 is 0. The molecule has 126 valence electrons. The van der Waals surface area contributed by atoms with Gasteiger partial charge in [-0.2, -0.15) is 0 Å². The van der Waals surface area contributed by atoms with Gasteiger partial charge in [0.1, 0.15) is 0 Å². The smallest absolute Gasteiger partial charge is 0.00196 e. The van der Waals surface area contributed by atoms with Crippen molar-refractivity contribution in [2.24, 2.45) is 5.92 Å². The minimum Gasteiger partial charge on any atom is -0.0847 e. The Morgan fingerprint density at radius 2 is 1.70 bits per heavy atom. The Balaban J connectivity index is 2.37. The molecule has 1 saturated carbocycles. The van der Waals surface area contributed by atoms with Crippen LogP contribution in [0.1, 0.15) is 89.8 Å². The molecule has 0 spiro atoms. The molecule has 0 N–H and O–H groups in total. The molecule has 23 heavy (non-hydrogen) atoms. The molecule has 0 heteroatoms. The van der Waals surface area contributed by atoms with E-state index in [1.165, 1.54) is 29.5 Å². The molecule has 1 aliphatic rings. The highest BCUT2D eigenvalue weighted by Crippen LogP contribution is 2.58. The van der Waals surface area contributed by atoms with Crippen molar-refractivity contribution in [2.45, 2.75) is 78.6 Å². The van der Waals surface area contributed by atoms with Crippen LogP contribution in [-0.2, 0) is 5.41 Å². The topological polar surface area (TPSA) is 0 Å². The predicted molar refractivity (Wildman–Crippen MR) is 103 cm³/mol. The van der Waals surface area contributed by atoms with E-state index in [0.29, 0.717) is 23.2 Å². The maximum Gasteiger partial charge on any atom is 0.00196 e.